The molecule has 0 bridgehead atoms. The lowest BCUT2D eigenvalue weighted by molar-refractivity contribution is -0.121. The van der Waals surface area contributed by atoms with Crippen molar-refractivity contribution in [2.75, 3.05) is 18.1 Å². The molecule has 3 rings (SSSR count). The number of alkyl carbamates (subject to hydrolysis) is 1. The lowest BCUT2D eigenvalue weighted by atomic mass is 9.94. The fourth-order valence-corrected chi connectivity index (χ4v) is 3.66. The van der Waals surface area contributed by atoms with Crippen molar-refractivity contribution >= 4 is 29.3 Å². The van der Waals surface area contributed by atoms with Gasteiger partial charge in [-0.1, -0.05) is 17.7 Å². The Hall–Kier alpha value is -3.01. The first-order valence-corrected chi connectivity index (χ1v) is 10.7. The molecule has 184 valence electrons. The third-order valence-corrected chi connectivity index (χ3v) is 5.16. The second-order valence-electron chi connectivity index (χ2n) is 8.55. The molecule has 0 aromatic heterocycles. The van der Waals surface area contributed by atoms with Crippen LogP contribution in [0.1, 0.15) is 38.3 Å². The number of alkyl halides is 3. The van der Waals surface area contributed by atoms with Gasteiger partial charge in [0.05, 0.1) is 22.8 Å². The van der Waals surface area contributed by atoms with Crippen LogP contribution in [0.25, 0.3) is 0 Å². The number of hydrogen-bond donors (Lipinski definition) is 1. The van der Waals surface area contributed by atoms with Crippen molar-refractivity contribution < 1.29 is 36.6 Å². The average molecular weight is 503 g/mol. The summed E-state index contributed by atoms with van der Waals surface area (Å²) in [5.41, 5.74) is -1.17. The van der Waals surface area contributed by atoms with Gasteiger partial charge < -0.3 is 19.7 Å². The average Bonchev–Trinajstić information content (AvgIpc) is 2.72. The number of benzene rings is 2. The molecular weight excluding hydrogens is 480 g/mol. The summed E-state index contributed by atoms with van der Waals surface area (Å²) in [7, 11) is 0. The molecule has 34 heavy (non-hydrogen) atoms. The van der Waals surface area contributed by atoms with Gasteiger partial charge in [0.25, 0.3) is 6.43 Å². The second kappa shape index (κ2) is 10.1. The van der Waals surface area contributed by atoms with Crippen molar-refractivity contribution in [3.63, 3.8) is 0 Å². The Bertz CT molecular complexity index is 1090. The molecule has 1 atom stereocenters. The zero-order valence-electron chi connectivity index (χ0n) is 18.6. The molecule has 0 unspecified atom stereocenters. The van der Waals surface area contributed by atoms with Crippen LogP contribution in [0, 0.1) is 5.82 Å². The smallest absolute Gasteiger partial charge is 0.408 e. The third-order valence-electron chi connectivity index (χ3n) is 4.84. The molecule has 0 aliphatic carbocycles. The van der Waals surface area contributed by atoms with Crippen LogP contribution in [0.15, 0.2) is 30.3 Å². The van der Waals surface area contributed by atoms with Crippen LogP contribution in [0.4, 0.5) is 28.0 Å². The van der Waals surface area contributed by atoms with Gasteiger partial charge in [0, 0.05) is 12.5 Å². The van der Waals surface area contributed by atoms with E-state index in [9.17, 15) is 27.2 Å². The maximum absolute atomic E-state index is 13.9. The molecule has 2 aromatic carbocycles. The number of rotatable bonds is 6. The minimum absolute atomic E-state index is 0.0529. The molecule has 6 nitrogen and oxygen atoms in total. The van der Waals surface area contributed by atoms with Gasteiger partial charge in [-0.3, -0.25) is 4.79 Å². The SMILES string of the molecule is CC(C)(C)OC(=O)N[C@@H]1Cc2ccc(C(F)F)c(Oc3cc(F)ccc3Cl)c2N(CCF)C1=O. The zero-order valence-corrected chi connectivity index (χ0v) is 19.4. The van der Waals surface area contributed by atoms with Gasteiger partial charge >= 0.3 is 6.09 Å². The van der Waals surface area contributed by atoms with Gasteiger partial charge in [-0.25, -0.2) is 22.4 Å². The van der Waals surface area contributed by atoms with E-state index in [0.717, 1.165) is 23.1 Å². The van der Waals surface area contributed by atoms with Gasteiger partial charge in [0.15, 0.2) is 5.75 Å². The van der Waals surface area contributed by atoms with E-state index >= 15 is 0 Å². The molecule has 0 saturated carbocycles. The molecule has 0 radical (unpaired) electrons. The summed E-state index contributed by atoms with van der Waals surface area (Å²) in [4.78, 5) is 26.3. The molecule has 1 heterocycles. The minimum Gasteiger partial charge on any atom is -0.453 e. The van der Waals surface area contributed by atoms with E-state index < -0.39 is 60.4 Å². The fourth-order valence-electron chi connectivity index (χ4n) is 3.51. The van der Waals surface area contributed by atoms with Gasteiger partial charge in [-0.15, -0.1) is 0 Å². The first kappa shape index (κ1) is 25.6. The van der Waals surface area contributed by atoms with Gasteiger partial charge in [-0.05, 0) is 44.5 Å². The Labute approximate surface area is 198 Å². The largest absolute Gasteiger partial charge is 0.453 e. The third kappa shape index (κ3) is 5.72. The highest BCUT2D eigenvalue weighted by Crippen LogP contribution is 2.46. The van der Waals surface area contributed by atoms with Crippen molar-refractivity contribution in [1.29, 1.82) is 0 Å². The highest BCUT2D eigenvalue weighted by atomic mass is 35.5. The van der Waals surface area contributed by atoms with Gasteiger partial charge in [0.2, 0.25) is 5.91 Å². The highest BCUT2D eigenvalue weighted by Gasteiger charge is 2.38. The molecule has 0 fully saturated rings. The van der Waals surface area contributed by atoms with Crippen molar-refractivity contribution in [2.24, 2.45) is 0 Å². The summed E-state index contributed by atoms with van der Waals surface area (Å²) in [6.07, 6.45) is -3.97. The zero-order chi connectivity index (χ0) is 25.2. The number of amides is 2. The Balaban J connectivity index is 2.07. The van der Waals surface area contributed by atoms with E-state index in [1.54, 1.807) is 20.8 Å². The number of ether oxygens (including phenoxy) is 2. The maximum atomic E-state index is 13.9. The summed E-state index contributed by atoms with van der Waals surface area (Å²) in [5, 5.41) is 2.39. The monoisotopic (exact) mass is 502 g/mol. The van der Waals surface area contributed by atoms with Crippen LogP contribution in [0.2, 0.25) is 5.02 Å². The molecule has 1 aliphatic heterocycles. The van der Waals surface area contributed by atoms with Gasteiger partial charge in [-0.2, -0.15) is 0 Å². The van der Waals surface area contributed by atoms with Crippen molar-refractivity contribution in [3.05, 3.63) is 52.3 Å². The van der Waals surface area contributed by atoms with Crippen LogP contribution >= 0.6 is 11.6 Å². The Morgan fingerprint density at radius 1 is 1.26 bits per heavy atom. The summed E-state index contributed by atoms with van der Waals surface area (Å²) < 4.78 is 65.7. The standard InChI is InChI=1S/C23H23ClF4N2O4/c1-23(2,3)34-22(32)29-16-10-12-4-6-14(20(27)28)19(18(12)30(9-8-25)21(16)31)33-17-11-13(26)5-7-15(17)24/h4-7,11,16,20H,8-10H2,1-3H3,(H,29,32)/t16-/m1/s1. The molecule has 0 saturated heterocycles. The molecular formula is C23H23ClF4N2O4. The summed E-state index contributed by atoms with van der Waals surface area (Å²) in [6, 6.07) is 4.48. The maximum Gasteiger partial charge on any atom is 0.408 e. The molecule has 0 spiro atoms. The van der Waals surface area contributed by atoms with Crippen LogP contribution < -0.4 is 15.0 Å². The Morgan fingerprint density at radius 2 is 1.97 bits per heavy atom. The van der Waals surface area contributed by atoms with Crippen molar-refractivity contribution in [1.82, 2.24) is 5.32 Å². The van der Waals surface area contributed by atoms with E-state index in [2.05, 4.69) is 5.32 Å². The van der Waals surface area contributed by atoms with E-state index in [1.165, 1.54) is 12.1 Å². The van der Waals surface area contributed by atoms with E-state index in [1.807, 2.05) is 0 Å². The lowest BCUT2D eigenvalue weighted by Gasteiger charge is -2.36. The highest BCUT2D eigenvalue weighted by molar-refractivity contribution is 6.32. The fraction of sp³-hybridized carbons (Fsp3) is 0.391. The number of carbonyl (C=O) groups excluding carboxylic acids is 2. The normalized spacial score (nSPS) is 15.9. The van der Waals surface area contributed by atoms with Crippen molar-refractivity contribution in [3.8, 4) is 11.5 Å². The number of carbonyl (C=O) groups is 2. The van der Waals surface area contributed by atoms with Gasteiger partial charge in [0.1, 0.15) is 29.9 Å². The predicted octanol–water partition coefficient (Wildman–Crippen LogP) is 5.96. The molecule has 1 N–H and O–H groups in total. The minimum atomic E-state index is -3.02. The predicted molar refractivity (Wildman–Crippen MR) is 118 cm³/mol. The van der Waals surface area contributed by atoms with E-state index in [0.29, 0.717) is 5.56 Å². The molecule has 2 aromatic rings. The number of anilines is 1. The van der Waals surface area contributed by atoms with E-state index in [4.69, 9.17) is 21.1 Å². The first-order valence-electron chi connectivity index (χ1n) is 10.3. The number of nitrogens with zero attached hydrogens (tertiary/aromatic N) is 1. The van der Waals surface area contributed by atoms with Crippen LogP contribution in [-0.2, 0) is 16.0 Å². The quantitative estimate of drug-likeness (QED) is 0.495. The number of nitrogens with one attached hydrogen (secondary N) is 1. The van der Waals surface area contributed by atoms with Crippen molar-refractivity contribution in [2.45, 2.75) is 45.3 Å². The molecule has 1 aliphatic rings. The number of hydrogen-bond acceptors (Lipinski definition) is 4. The second-order valence-corrected chi connectivity index (χ2v) is 8.96. The topological polar surface area (TPSA) is 67.9 Å². The van der Waals surface area contributed by atoms with Crippen LogP contribution in [0.5, 0.6) is 11.5 Å². The summed E-state index contributed by atoms with van der Waals surface area (Å²) in [6.45, 7) is 3.45. The van der Waals surface area contributed by atoms with Crippen LogP contribution in [-0.4, -0.2) is 36.9 Å². The van der Waals surface area contributed by atoms with E-state index in [-0.39, 0.29) is 22.9 Å². The Morgan fingerprint density at radius 3 is 2.59 bits per heavy atom. The van der Waals surface area contributed by atoms with Crippen LogP contribution in [0.3, 0.4) is 0 Å². The number of fused-ring (bicyclic) bond motifs is 1. The first-order chi connectivity index (χ1) is 15.9. The summed E-state index contributed by atoms with van der Waals surface area (Å²) >= 11 is 6.04. The molecule has 2 amide bonds. The number of halogens is 5. The Kier molecular flexibility index (Phi) is 7.60. The molecule has 11 heteroatoms. The summed E-state index contributed by atoms with van der Waals surface area (Å²) in [5.74, 6) is -2.16. The lowest BCUT2D eigenvalue weighted by Crippen LogP contribution is -2.54.